The predicted octanol–water partition coefficient (Wildman–Crippen LogP) is 2.54. The van der Waals surface area contributed by atoms with Crippen molar-refractivity contribution in [2.24, 2.45) is 5.92 Å². The number of hydrogen-bond acceptors (Lipinski definition) is 5. The molecule has 6 nitrogen and oxygen atoms in total. The van der Waals surface area contributed by atoms with Crippen LogP contribution in [-0.2, 0) is 16.0 Å². The van der Waals surface area contributed by atoms with Crippen molar-refractivity contribution in [3.63, 3.8) is 0 Å². The SMILES string of the molecule is CC(=O)N1CCCC(c2nc(CCOCC3CCCC3)no2)C1. The van der Waals surface area contributed by atoms with Crippen LogP contribution in [0.4, 0.5) is 0 Å². The molecule has 1 saturated heterocycles. The highest BCUT2D eigenvalue weighted by atomic mass is 16.5. The molecule has 1 amide bonds. The van der Waals surface area contributed by atoms with Gasteiger partial charge in [-0.3, -0.25) is 4.79 Å². The van der Waals surface area contributed by atoms with E-state index in [1.54, 1.807) is 6.92 Å². The van der Waals surface area contributed by atoms with Crippen molar-refractivity contribution in [2.45, 2.75) is 57.8 Å². The van der Waals surface area contributed by atoms with Crippen LogP contribution in [0.5, 0.6) is 0 Å². The minimum absolute atomic E-state index is 0.120. The van der Waals surface area contributed by atoms with Crippen LogP contribution in [0.1, 0.15) is 63.1 Å². The monoisotopic (exact) mass is 321 g/mol. The summed E-state index contributed by atoms with van der Waals surface area (Å²) in [5.41, 5.74) is 0. The summed E-state index contributed by atoms with van der Waals surface area (Å²) in [7, 11) is 0. The summed E-state index contributed by atoms with van der Waals surface area (Å²) in [5, 5.41) is 4.06. The molecule has 0 aromatic carbocycles. The van der Waals surface area contributed by atoms with Crippen molar-refractivity contribution < 1.29 is 14.1 Å². The fourth-order valence-corrected chi connectivity index (χ4v) is 3.59. The molecule has 1 atom stereocenters. The summed E-state index contributed by atoms with van der Waals surface area (Å²) < 4.78 is 11.2. The van der Waals surface area contributed by atoms with Gasteiger partial charge in [-0.05, 0) is 31.6 Å². The summed E-state index contributed by atoms with van der Waals surface area (Å²) in [4.78, 5) is 17.9. The van der Waals surface area contributed by atoms with Crippen LogP contribution in [-0.4, -0.2) is 47.3 Å². The van der Waals surface area contributed by atoms with E-state index in [9.17, 15) is 4.79 Å². The molecule has 2 aliphatic rings. The molecule has 1 aliphatic heterocycles. The second-order valence-corrected chi connectivity index (χ2v) is 6.83. The molecule has 0 radical (unpaired) electrons. The van der Waals surface area contributed by atoms with Gasteiger partial charge in [-0.25, -0.2) is 0 Å². The number of amides is 1. The first kappa shape index (κ1) is 16.4. The molecule has 2 heterocycles. The van der Waals surface area contributed by atoms with Gasteiger partial charge in [0.1, 0.15) is 0 Å². The Labute approximate surface area is 137 Å². The van der Waals surface area contributed by atoms with Gasteiger partial charge in [0.05, 0.1) is 12.5 Å². The van der Waals surface area contributed by atoms with Crippen LogP contribution in [0.25, 0.3) is 0 Å². The topological polar surface area (TPSA) is 68.5 Å². The quantitative estimate of drug-likeness (QED) is 0.753. The molecule has 0 bridgehead atoms. The van der Waals surface area contributed by atoms with Gasteiger partial charge in [0, 0.05) is 33.0 Å². The number of rotatable bonds is 6. The number of ether oxygens (including phenoxy) is 1. The van der Waals surface area contributed by atoms with Gasteiger partial charge in [0.25, 0.3) is 0 Å². The zero-order valence-corrected chi connectivity index (χ0v) is 14.0. The van der Waals surface area contributed by atoms with Gasteiger partial charge in [-0.2, -0.15) is 4.98 Å². The Hall–Kier alpha value is -1.43. The van der Waals surface area contributed by atoms with E-state index in [0.29, 0.717) is 31.3 Å². The van der Waals surface area contributed by atoms with Crippen LogP contribution in [0, 0.1) is 5.92 Å². The molecule has 1 aromatic rings. The van der Waals surface area contributed by atoms with E-state index in [1.165, 1.54) is 25.7 Å². The highest BCUT2D eigenvalue weighted by Crippen LogP contribution is 2.26. The molecule has 1 unspecified atom stereocenters. The van der Waals surface area contributed by atoms with Gasteiger partial charge >= 0.3 is 0 Å². The molecule has 128 valence electrons. The molecule has 1 saturated carbocycles. The smallest absolute Gasteiger partial charge is 0.231 e. The standard InChI is InChI=1S/C17H27N3O3/c1-13(21)20-9-4-7-15(11-20)17-18-16(19-23-17)8-10-22-12-14-5-2-3-6-14/h14-15H,2-12H2,1H3. The highest BCUT2D eigenvalue weighted by molar-refractivity contribution is 5.73. The minimum Gasteiger partial charge on any atom is -0.381 e. The second-order valence-electron chi connectivity index (χ2n) is 6.83. The van der Waals surface area contributed by atoms with E-state index in [2.05, 4.69) is 10.1 Å². The molecule has 1 aromatic heterocycles. The Morgan fingerprint density at radius 2 is 2.13 bits per heavy atom. The average molecular weight is 321 g/mol. The molecule has 3 rings (SSSR count). The Balaban J connectivity index is 1.43. The number of carbonyl (C=O) groups is 1. The van der Waals surface area contributed by atoms with Crippen LogP contribution in [0.3, 0.4) is 0 Å². The lowest BCUT2D eigenvalue weighted by Crippen LogP contribution is -2.37. The zero-order chi connectivity index (χ0) is 16.1. The van der Waals surface area contributed by atoms with Gasteiger partial charge < -0.3 is 14.2 Å². The first-order valence-corrected chi connectivity index (χ1v) is 8.88. The first-order valence-electron chi connectivity index (χ1n) is 8.88. The maximum Gasteiger partial charge on any atom is 0.231 e. The van der Waals surface area contributed by atoms with Crippen molar-refractivity contribution in [2.75, 3.05) is 26.3 Å². The van der Waals surface area contributed by atoms with Crippen molar-refractivity contribution in [3.05, 3.63) is 11.7 Å². The van der Waals surface area contributed by atoms with E-state index in [4.69, 9.17) is 9.26 Å². The van der Waals surface area contributed by atoms with Crippen molar-refractivity contribution >= 4 is 5.91 Å². The predicted molar refractivity (Wildman–Crippen MR) is 85.0 cm³/mol. The summed E-state index contributed by atoms with van der Waals surface area (Å²) in [5.74, 6) is 2.42. The number of aromatic nitrogens is 2. The normalized spacial score (nSPS) is 22.7. The molecule has 23 heavy (non-hydrogen) atoms. The average Bonchev–Trinajstić information content (AvgIpc) is 3.23. The van der Waals surface area contributed by atoms with Crippen LogP contribution in [0.2, 0.25) is 0 Å². The largest absolute Gasteiger partial charge is 0.381 e. The molecule has 2 fully saturated rings. The fourth-order valence-electron chi connectivity index (χ4n) is 3.59. The third kappa shape index (κ3) is 4.53. The summed E-state index contributed by atoms with van der Waals surface area (Å²) >= 11 is 0. The Bertz CT molecular complexity index is 511. The van der Waals surface area contributed by atoms with E-state index in [-0.39, 0.29) is 11.8 Å². The lowest BCUT2D eigenvalue weighted by atomic mass is 9.98. The van der Waals surface area contributed by atoms with Crippen molar-refractivity contribution in [1.82, 2.24) is 15.0 Å². The molecule has 0 N–H and O–H groups in total. The summed E-state index contributed by atoms with van der Waals surface area (Å²) in [6.07, 6.45) is 8.00. The van der Waals surface area contributed by atoms with Crippen LogP contribution in [0.15, 0.2) is 4.52 Å². The van der Waals surface area contributed by atoms with Crippen LogP contribution >= 0.6 is 0 Å². The van der Waals surface area contributed by atoms with Crippen molar-refractivity contribution in [1.29, 1.82) is 0 Å². The van der Waals surface area contributed by atoms with E-state index in [1.807, 2.05) is 4.90 Å². The lowest BCUT2D eigenvalue weighted by Gasteiger charge is -2.29. The maximum absolute atomic E-state index is 11.5. The molecular weight excluding hydrogens is 294 g/mol. The highest BCUT2D eigenvalue weighted by Gasteiger charge is 2.27. The Kier molecular flexibility index (Phi) is 5.65. The maximum atomic E-state index is 11.5. The first-order chi connectivity index (χ1) is 11.2. The number of likely N-dealkylation sites (tertiary alicyclic amines) is 1. The Morgan fingerprint density at radius 1 is 1.30 bits per heavy atom. The van der Waals surface area contributed by atoms with Gasteiger partial charge in [0.15, 0.2) is 5.82 Å². The summed E-state index contributed by atoms with van der Waals surface area (Å²) in [6.45, 7) is 4.65. The number of carbonyl (C=O) groups excluding carboxylic acids is 1. The zero-order valence-electron chi connectivity index (χ0n) is 14.0. The van der Waals surface area contributed by atoms with E-state index < -0.39 is 0 Å². The molecular formula is C17H27N3O3. The third-order valence-corrected chi connectivity index (χ3v) is 5.00. The van der Waals surface area contributed by atoms with Gasteiger partial charge in [0.2, 0.25) is 11.8 Å². The number of nitrogens with zero attached hydrogens (tertiary/aromatic N) is 3. The molecule has 0 spiro atoms. The number of piperidine rings is 1. The minimum atomic E-state index is 0.120. The molecule has 6 heteroatoms. The number of hydrogen-bond donors (Lipinski definition) is 0. The van der Waals surface area contributed by atoms with Crippen LogP contribution < -0.4 is 0 Å². The van der Waals surface area contributed by atoms with E-state index in [0.717, 1.165) is 31.9 Å². The third-order valence-electron chi connectivity index (χ3n) is 5.00. The second kappa shape index (κ2) is 7.90. The van der Waals surface area contributed by atoms with Crippen molar-refractivity contribution in [3.8, 4) is 0 Å². The molecule has 1 aliphatic carbocycles. The lowest BCUT2D eigenvalue weighted by molar-refractivity contribution is -0.130. The van der Waals surface area contributed by atoms with Gasteiger partial charge in [-0.1, -0.05) is 18.0 Å². The Morgan fingerprint density at radius 3 is 2.91 bits per heavy atom. The summed E-state index contributed by atoms with van der Waals surface area (Å²) in [6, 6.07) is 0. The van der Waals surface area contributed by atoms with E-state index >= 15 is 0 Å². The fraction of sp³-hybridized carbons (Fsp3) is 0.824. The van der Waals surface area contributed by atoms with Gasteiger partial charge in [-0.15, -0.1) is 0 Å².